The van der Waals surface area contributed by atoms with Crippen LogP contribution in [0, 0.1) is 6.92 Å². The van der Waals surface area contributed by atoms with E-state index in [4.69, 9.17) is 34.8 Å². The Hall–Kier alpha value is -1.82. The van der Waals surface area contributed by atoms with Crippen LogP contribution >= 0.6 is 34.8 Å². The minimum atomic E-state index is -4.80. The summed E-state index contributed by atoms with van der Waals surface area (Å²) in [7, 11) is 0. The summed E-state index contributed by atoms with van der Waals surface area (Å²) in [6.45, 7) is 1.53. The second-order valence-electron chi connectivity index (χ2n) is 5.38. The molecule has 0 bridgehead atoms. The number of ketones is 1. The van der Waals surface area contributed by atoms with Gasteiger partial charge in [0.15, 0.2) is 5.78 Å². The Kier molecular flexibility index (Phi) is 6.17. The Balaban J connectivity index is 2.52. The van der Waals surface area contributed by atoms with Gasteiger partial charge >= 0.3 is 6.18 Å². The van der Waals surface area contributed by atoms with Gasteiger partial charge in [0.05, 0.1) is 5.57 Å². The zero-order chi connectivity index (χ0) is 19.6. The van der Waals surface area contributed by atoms with E-state index in [9.17, 15) is 22.8 Å². The first-order valence-corrected chi connectivity index (χ1v) is 8.22. The second kappa shape index (κ2) is 7.82. The number of hydrogen-bond acceptors (Lipinski definition) is 2. The number of carbonyl (C=O) groups excluding carboxylic acids is 2. The molecule has 26 heavy (non-hydrogen) atoms. The van der Waals surface area contributed by atoms with Crippen LogP contribution in [-0.4, -0.2) is 17.2 Å². The quantitative estimate of drug-likeness (QED) is 0.320. The third kappa shape index (κ3) is 4.87. The smallest absolute Gasteiger partial charge is 0.289 e. The lowest BCUT2D eigenvalue weighted by atomic mass is 9.99. The number of rotatable bonds is 4. The van der Waals surface area contributed by atoms with Crippen LogP contribution in [0.5, 0.6) is 0 Å². The molecule has 0 unspecified atom stereocenters. The zero-order valence-electron chi connectivity index (χ0n) is 13.1. The minimum absolute atomic E-state index is 0.0101. The maximum Gasteiger partial charge on any atom is 0.417 e. The predicted molar refractivity (Wildman–Crippen MR) is 96.2 cm³/mol. The molecule has 0 fully saturated rings. The van der Waals surface area contributed by atoms with E-state index in [1.165, 1.54) is 31.2 Å². The molecule has 2 rings (SSSR count). The van der Waals surface area contributed by atoms with Crippen LogP contribution in [0.3, 0.4) is 0 Å². The van der Waals surface area contributed by atoms with Gasteiger partial charge in [-0.25, -0.2) is 0 Å². The minimum Gasteiger partial charge on any atom is -0.289 e. The number of halogens is 6. The number of carbonyl (C=O) groups is 2. The summed E-state index contributed by atoms with van der Waals surface area (Å²) >= 11 is 16.9. The van der Waals surface area contributed by atoms with Crippen LogP contribution in [0.25, 0.3) is 5.57 Å². The van der Waals surface area contributed by atoms with Crippen molar-refractivity contribution in [2.75, 3.05) is 0 Å². The van der Waals surface area contributed by atoms with Gasteiger partial charge in [0.2, 0.25) is 0 Å². The van der Waals surface area contributed by atoms with E-state index in [-0.39, 0.29) is 26.7 Å². The summed E-state index contributed by atoms with van der Waals surface area (Å²) in [4.78, 5) is 23.5. The van der Waals surface area contributed by atoms with E-state index in [2.05, 4.69) is 0 Å². The van der Waals surface area contributed by atoms with Gasteiger partial charge in [-0.05, 0) is 66.1 Å². The molecule has 136 valence electrons. The Bertz CT molecular complexity index is 898. The fourth-order valence-corrected chi connectivity index (χ4v) is 3.03. The largest absolute Gasteiger partial charge is 0.417 e. The fraction of sp³-hybridized carbons (Fsp3) is 0.111. The number of benzene rings is 2. The molecular weight excluding hydrogens is 412 g/mol. The summed E-state index contributed by atoms with van der Waals surface area (Å²) in [5.41, 5.74) is -0.970. The van der Waals surface area contributed by atoms with Crippen molar-refractivity contribution in [1.29, 1.82) is 0 Å². The highest BCUT2D eigenvalue weighted by atomic mass is 35.5. The normalized spacial score (nSPS) is 12.2. The van der Waals surface area contributed by atoms with Crippen molar-refractivity contribution in [3.8, 4) is 0 Å². The van der Waals surface area contributed by atoms with Gasteiger partial charge in [0, 0.05) is 21.2 Å². The average molecular weight is 422 g/mol. The van der Waals surface area contributed by atoms with Gasteiger partial charge in [0.1, 0.15) is 0 Å². The lowest BCUT2D eigenvalue weighted by molar-refractivity contribution is -0.0689. The molecule has 8 heteroatoms. The van der Waals surface area contributed by atoms with E-state index < -0.39 is 22.8 Å². The molecule has 2 aromatic rings. The molecule has 0 aliphatic heterocycles. The van der Waals surface area contributed by atoms with Crippen LogP contribution < -0.4 is 0 Å². The summed E-state index contributed by atoms with van der Waals surface area (Å²) in [6.07, 6.45) is -4.33. The third-order valence-electron chi connectivity index (χ3n) is 3.48. The highest BCUT2D eigenvalue weighted by Gasteiger charge is 2.35. The highest BCUT2D eigenvalue weighted by molar-refractivity contribution is 6.67. The number of alkyl halides is 3. The number of allylic oxidation sites excluding steroid dienone is 2. The van der Waals surface area contributed by atoms with Crippen molar-refractivity contribution in [2.45, 2.75) is 13.1 Å². The first kappa shape index (κ1) is 20.5. The Morgan fingerprint density at radius 1 is 0.962 bits per heavy atom. The van der Waals surface area contributed by atoms with Gasteiger partial charge in [0.25, 0.3) is 5.24 Å². The molecule has 0 atom stereocenters. The summed E-state index contributed by atoms with van der Waals surface area (Å²) < 4.78 is 40.3. The molecule has 0 aliphatic carbocycles. The molecule has 2 aromatic carbocycles. The predicted octanol–water partition coefficient (Wildman–Crippen LogP) is 6.51. The standard InChI is InChI=1S/C18H10Cl3F3O2/c1-9-4-10(2-3-14(9)17(21)26)16(25)8-15(18(22,23)24)11-5-12(19)7-13(20)6-11/h2-8H,1H3/b15-8+. The topological polar surface area (TPSA) is 34.1 Å². The van der Waals surface area contributed by atoms with E-state index in [1.807, 2.05) is 0 Å². The molecule has 0 aromatic heterocycles. The van der Waals surface area contributed by atoms with Crippen molar-refractivity contribution >= 4 is 51.4 Å². The van der Waals surface area contributed by atoms with E-state index in [1.54, 1.807) is 0 Å². The van der Waals surface area contributed by atoms with Gasteiger partial charge in [-0.15, -0.1) is 0 Å². The van der Waals surface area contributed by atoms with Crippen molar-refractivity contribution in [3.05, 3.63) is 74.8 Å². The maximum atomic E-state index is 13.4. The lowest BCUT2D eigenvalue weighted by Gasteiger charge is -2.13. The molecule has 0 aliphatic rings. The highest BCUT2D eigenvalue weighted by Crippen LogP contribution is 2.36. The molecule has 0 amide bonds. The fourth-order valence-electron chi connectivity index (χ4n) is 2.29. The average Bonchev–Trinajstić information content (AvgIpc) is 2.49. The first-order chi connectivity index (χ1) is 12.0. The molecule has 0 spiro atoms. The summed E-state index contributed by atoms with van der Waals surface area (Å²) in [5, 5.41) is -0.701. The van der Waals surface area contributed by atoms with Crippen LogP contribution in [0.2, 0.25) is 10.0 Å². The molecule has 0 N–H and O–H groups in total. The molecule has 0 heterocycles. The second-order valence-corrected chi connectivity index (χ2v) is 6.60. The van der Waals surface area contributed by atoms with Crippen LogP contribution in [0.15, 0.2) is 42.5 Å². The number of hydrogen-bond donors (Lipinski definition) is 0. The molecule has 2 nitrogen and oxygen atoms in total. The Labute approximate surface area is 162 Å². The monoisotopic (exact) mass is 420 g/mol. The number of aryl methyl sites for hydroxylation is 1. The maximum absolute atomic E-state index is 13.4. The van der Waals surface area contributed by atoms with Gasteiger partial charge in [-0.3, -0.25) is 9.59 Å². The molecule has 0 saturated heterocycles. The first-order valence-electron chi connectivity index (χ1n) is 7.09. The van der Waals surface area contributed by atoms with Gasteiger partial charge < -0.3 is 0 Å². The molecular formula is C18H10Cl3F3O2. The van der Waals surface area contributed by atoms with E-state index in [0.29, 0.717) is 11.6 Å². The van der Waals surface area contributed by atoms with Crippen molar-refractivity contribution in [3.63, 3.8) is 0 Å². The summed E-state index contributed by atoms with van der Waals surface area (Å²) in [6, 6.07) is 7.25. The van der Waals surface area contributed by atoms with Gasteiger partial charge in [-0.1, -0.05) is 29.3 Å². The van der Waals surface area contributed by atoms with E-state index in [0.717, 1.165) is 12.1 Å². The molecule has 0 saturated carbocycles. The lowest BCUT2D eigenvalue weighted by Crippen LogP contribution is -2.13. The van der Waals surface area contributed by atoms with E-state index >= 15 is 0 Å². The van der Waals surface area contributed by atoms with Gasteiger partial charge in [-0.2, -0.15) is 13.2 Å². The van der Waals surface area contributed by atoms with Crippen molar-refractivity contribution in [2.24, 2.45) is 0 Å². The van der Waals surface area contributed by atoms with Crippen LogP contribution in [-0.2, 0) is 0 Å². The molecule has 0 radical (unpaired) electrons. The SMILES string of the molecule is Cc1cc(C(=O)/C=C(\c2cc(Cl)cc(Cl)c2)C(F)(F)F)ccc1C(=O)Cl. The van der Waals surface area contributed by atoms with Crippen molar-refractivity contribution in [1.82, 2.24) is 0 Å². The summed E-state index contributed by atoms with van der Waals surface area (Å²) in [5.74, 6) is -0.884. The van der Waals surface area contributed by atoms with Crippen LogP contribution in [0.4, 0.5) is 13.2 Å². The Morgan fingerprint density at radius 3 is 2.00 bits per heavy atom. The Morgan fingerprint density at radius 2 is 1.54 bits per heavy atom. The zero-order valence-corrected chi connectivity index (χ0v) is 15.4. The van der Waals surface area contributed by atoms with Crippen LogP contribution in [0.1, 0.15) is 31.8 Å². The third-order valence-corrected chi connectivity index (χ3v) is 4.12. The van der Waals surface area contributed by atoms with Crippen molar-refractivity contribution < 1.29 is 22.8 Å².